The topological polar surface area (TPSA) is 62.7 Å². The van der Waals surface area contributed by atoms with Crippen molar-refractivity contribution in [1.82, 2.24) is 4.98 Å². The molecule has 1 aromatic rings. The maximum Gasteiger partial charge on any atom is 0.326 e. The van der Waals surface area contributed by atoms with Crippen molar-refractivity contribution in [3.05, 3.63) is 18.3 Å². The molecular weight excluding hydrogens is 208 g/mol. The molecule has 1 rings (SSSR count). The van der Waals surface area contributed by atoms with Crippen molar-refractivity contribution in [3.8, 4) is 5.88 Å². The van der Waals surface area contributed by atoms with Crippen molar-refractivity contribution in [2.75, 3.05) is 19.1 Å². The second-order valence-electron chi connectivity index (χ2n) is 3.43. The van der Waals surface area contributed by atoms with Crippen LogP contribution < -0.4 is 9.64 Å². The minimum Gasteiger partial charge on any atom is -0.481 e. The van der Waals surface area contributed by atoms with Crippen LogP contribution in [0.1, 0.15) is 13.3 Å². The van der Waals surface area contributed by atoms with Gasteiger partial charge >= 0.3 is 5.97 Å². The van der Waals surface area contributed by atoms with Crippen LogP contribution in [0.3, 0.4) is 0 Å². The van der Waals surface area contributed by atoms with Gasteiger partial charge in [-0.05, 0) is 12.5 Å². The van der Waals surface area contributed by atoms with E-state index in [4.69, 9.17) is 9.84 Å². The molecule has 0 bridgehead atoms. The van der Waals surface area contributed by atoms with E-state index in [1.165, 1.54) is 7.11 Å². The summed E-state index contributed by atoms with van der Waals surface area (Å²) in [6.07, 6.45) is 2.13. The summed E-state index contributed by atoms with van der Waals surface area (Å²) < 4.78 is 4.99. The van der Waals surface area contributed by atoms with E-state index in [-0.39, 0.29) is 0 Å². The number of anilines is 1. The molecule has 0 aromatic carbocycles. The van der Waals surface area contributed by atoms with Crippen LogP contribution >= 0.6 is 0 Å². The largest absolute Gasteiger partial charge is 0.481 e. The van der Waals surface area contributed by atoms with Crippen LogP contribution in [0.4, 0.5) is 5.69 Å². The molecule has 16 heavy (non-hydrogen) atoms. The summed E-state index contributed by atoms with van der Waals surface area (Å²) in [5.41, 5.74) is 0.779. The standard InChI is InChI=1S/C11H16N2O3/c1-4-9(11(14)15)13(2)8-5-6-12-10(7-8)16-3/h5-7,9H,4H2,1-3H3,(H,14,15). The van der Waals surface area contributed by atoms with Crippen molar-refractivity contribution in [2.45, 2.75) is 19.4 Å². The van der Waals surface area contributed by atoms with Crippen molar-refractivity contribution >= 4 is 11.7 Å². The third-order valence-corrected chi connectivity index (χ3v) is 2.47. The molecule has 0 aliphatic heterocycles. The van der Waals surface area contributed by atoms with Crippen molar-refractivity contribution < 1.29 is 14.6 Å². The molecule has 5 heteroatoms. The van der Waals surface area contributed by atoms with Gasteiger partial charge in [-0.2, -0.15) is 0 Å². The quantitative estimate of drug-likeness (QED) is 0.818. The molecule has 0 fully saturated rings. The summed E-state index contributed by atoms with van der Waals surface area (Å²) in [4.78, 5) is 16.7. The number of carboxylic acids is 1. The van der Waals surface area contributed by atoms with Crippen LogP contribution in [0.15, 0.2) is 18.3 Å². The fraction of sp³-hybridized carbons (Fsp3) is 0.455. The number of ether oxygens (including phenoxy) is 1. The van der Waals surface area contributed by atoms with Gasteiger partial charge in [-0.25, -0.2) is 9.78 Å². The van der Waals surface area contributed by atoms with Crippen molar-refractivity contribution in [2.24, 2.45) is 0 Å². The smallest absolute Gasteiger partial charge is 0.326 e. The van der Waals surface area contributed by atoms with Gasteiger partial charge in [0.05, 0.1) is 7.11 Å². The van der Waals surface area contributed by atoms with E-state index in [2.05, 4.69) is 4.98 Å². The van der Waals surface area contributed by atoms with Gasteiger partial charge in [0.1, 0.15) is 6.04 Å². The Balaban J connectivity index is 2.93. The number of hydrogen-bond donors (Lipinski definition) is 1. The molecular formula is C11H16N2O3. The van der Waals surface area contributed by atoms with E-state index >= 15 is 0 Å². The lowest BCUT2D eigenvalue weighted by atomic mass is 10.2. The number of rotatable bonds is 5. The number of carbonyl (C=O) groups is 1. The van der Waals surface area contributed by atoms with E-state index < -0.39 is 12.0 Å². The zero-order chi connectivity index (χ0) is 12.1. The molecule has 0 aliphatic carbocycles. The second kappa shape index (κ2) is 5.34. The molecule has 1 heterocycles. The minimum absolute atomic E-state index is 0.476. The number of aliphatic carboxylic acids is 1. The molecule has 1 unspecified atom stereocenters. The monoisotopic (exact) mass is 224 g/mol. The Labute approximate surface area is 94.7 Å². The highest BCUT2D eigenvalue weighted by atomic mass is 16.5. The minimum atomic E-state index is -0.833. The first-order chi connectivity index (χ1) is 7.60. The summed E-state index contributed by atoms with van der Waals surface area (Å²) in [5, 5.41) is 9.04. The molecule has 0 amide bonds. The van der Waals surface area contributed by atoms with Gasteiger partial charge in [-0.15, -0.1) is 0 Å². The van der Waals surface area contributed by atoms with Gasteiger partial charge < -0.3 is 14.7 Å². The van der Waals surface area contributed by atoms with Gasteiger partial charge in [-0.3, -0.25) is 0 Å². The number of aromatic nitrogens is 1. The predicted octanol–water partition coefficient (Wildman–Crippen LogP) is 1.39. The number of carboxylic acid groups (broad SMARTS) is 1. The Morgan fingerprint density at radius 3 is 2.88 bits per heavy atom. The third-order valence-electron chi connectivity index (χ3n) is 2.47. The normalized spacial score (nSPS) is 11.9. The summed E-state index contributed by atoms with van der Waals surface area (Å²) in [7, 11) is 3.28. The van der Waals surface area contributed by atoms with Gasteiger partial charge in [0.15, 0.2) is 0 Å². The fourth-order valence-electron chi connectivity index (χ4n) is 1.52. The zero-order valence-corrected chi connectivity index (χ0v) is 9.67. The lowest BCUT2D eigenvalue weighted by Crippen LogP contribution is -2.37. The second-order valence-corrected chi connectivity index (χ2v) is 3.43. The zero-order valence-electron chi connectivity index (χ0n) is 9.67. The Bertz CT molecular complexity index is 368. The van der Waals surface area contributed by atoms with Crippen molar-refractivity contribution in [3.63, 3.8) is 0 Å². The SMILES string of the molecule is CCC(C(=O)O)N(C)c1ccnc(OC)c1. The highest BCUT2D eigenvalue weighted by Gasteiger charge is 2.20. The summed E-state index contributed by atoms with van der Waals surface area (Å²) >= 11 is 0. The van der Waals surface area contributed by atoms with E-state index in [0.717, 1.165) is 5.69 Å². The van der Waals surface area contributed by atoms with Crippen LogP contribution in [0.2, 0.25) is 0 Å². The molecule has 5 nitrogen and oxygen atoms in total. The molecule has 0 saturated heterocycles. The molecule has 88 valence electrons. The highest BCUT2D eigenvalue weighted by Crippen LogP contribution is 2.20. The fourth-order valence-corrected chi connectivity index (χ4v) is 1.52. The maximum atomic E-state index is 11.0. The van der Waals surface area contributed by atoms with Crippen LogP contribution in [0.5, 0.6) is 5.88 Å². The summed E-state index contributed by atoms with van der Waals surface area (Å²) in [5.74, 6) is -0.356. The number of nitrogens with zero attached hydrogens (tertiary/aromatic N) is 2. The van der Waals surface area contributed by atoms with E-state index in [1.54, 1.807) is 30.3 Å². The molecule has 0 saturated carbocycles. The maximum absolute atomic E-state index is 11.0. The Hall–Kier alpha value is -1.78. The van der Waals surface area contributed by atoms with Crippen molar-refractivity contribution in [1.29, 1.82) is 0 Å². The third kappa shape index (κ3) is 2.62. The van der Waals surface area contributed by atoms with Gasteiger partial charge in [0.25, 0.3) is 0 Å². The van der Waals surface area contributed by atoms with E-state index in [0.29, 0.717) is 12.3 Å². The van der Waals surface area contributed by atoms with Crippen LogP contribution in [-0.2, 0) is 4.79 Å². The van der Waals surface area contributed by atoms with E-state index in [1.807, 2.05) is 6.92 Å². The molecule has 0 aliphatic rings. The molecule has 0 radical (unpaired) electrons. The molecule has 1 N–H and O–H groups in total. The molecule has 1 aromatic heterocycles. The Morgan fingerprint density at radius 1 is 1.69 bits per heavy atom. The Morgan fingerprint density at radius 2 is 2.38 bits per heavy atom. The molecule has 1 atom stereocenters. The lowest BCUT2D eigenvalue weighted by Gasteiger charge is -2.25. The number of methoxy groups -OCH3 is 1. The van der Waals surface area contributed by atoms with E-state index in [9.17, 15) is 4.79 Å². The van der Waals surface area contributed by atoms with Crippen LogP contribution in [0, 0.1) is 0 Å². The van der Waals surface area contributed by atoms with Gasteiger partial charge in [0.2, 0.25) is 5.88 Å². The van der Waals surface area contributed by atoms with Gasteiger partial charge in [-0.1, -0.05) is 6.92 Å². The first-order valence-electron chi connectivity index (χ1n) is 5.05. The number of pyridine rings is 1. The molecule has 0 spiro atoms. The summed E-state index contributed by atoms with van der Waals surface area (Å²) in [6, 6.07) is 2.94. The van der Waals surface area contributed by atoms with Gasteiger partial charge in [0, 0.05) is 25.0 Å². The van der Waals surface area contributed by atoms with Crippen LogP contribution in [-0.4, -0.2) is 36.3 Å². The lowest BCUT2D eigenvalue weighted by molar-refractivity contribution is -0.138. The average molecular weight is 224 g/mol. The highest BCUT2D eigenvalue weighted by molar-refractivity contribution is 5.78. The first kappa shape index (κ1) is 12.3. The number of hydrogen-bond acceptors (Lipinski definition) is 4. The average Bonchev–Trinajstić information content (AvgIpc) is 2.29. The predicted molar refractivity (Wildman–Crippen MR) is 60.9 cm³/mol. The summed E-state index contributed by atoms with van der Waals surface area (Å²) in [6.45, 7) is 1.84. The number of likely N-dealkylation sites (N-methyl/N-ethyl adjacent to an activating group) is 1. The first-order valence-corrected chi connectivity index (χ1v) is 5.05. The Kier molecular flexibility index (Phi) is 4.10. The van der Waals surface area contributed by atoms with Crippen LogP contribution in [0.25, 0.3) is 0 Å².